The maximum atomic E-state index is 13.9. The Bertz CT molecular complexity index is 1410. The molecule has 0 aliphatic rings. The highest BCUT2D eigenvalue weighted by Crippen LogP contribution is 2.33. The molecule has 9 heteroatoms. The van der Waals surface area contributed by atoms with Crippen LogP contribution in [0, 0.1) is 17.5 Å². The van der Waals surface area contributed by atoms with Crippen LogP contribution in [0.25, 0.3) is 33.3 Å². The normalized spacial score (nSPS) is 12.4. The minimum atomic E-state index is -0.724. The van der Waals surface area contributed by atoms with Crippen molar-refractivity contribution in [1.82, 2.24) is 24.9 Å². The van der Waals surface area contributed by atoms with Crippen LogP contribution < -0.4 is 5.32 Å². The first-order chi connectivity index (χ1) is 15.0. The van der Waals surface area contributed by atoms with E-state index in [1.165, 1.54) is 36.9 Å². The molecule has 154 valence electrons. The van der Waals surface area contributed by atoms with Gasteiger partial charge in [-0.2, -0.15) is 0 Å². The average molecular weight is 420 g/mol. The molecule has 0 saturated heterocycles. The largest absolute Gasteiger partial charge is 0.362 e. The van der Waals surface area contributed by atoms with E-state index < -0.39 is 17.5 Å². The van der Waals surface area contributed by atoms with Gasteiger partial charge in [0.25, 0.3) is 0 Å². The number of aromatic amines is 1. The summed E-state index contributed by atoms with van der Waals surface area (Å²) in [6, 6.07) is 8.88. The molecule has 2 N–H and O–H groups in total. The van der Waals surface area contributed by atoms with Crippen molar-refractivity contribution in [2.75, 3.05) is 5.32 Å². The zero-order valence-corrected chi connectivity index (χ0v) is 16.2. The van der Waals surface area contributed by atoms with E-state index in [0.717, 1.165) is 6.07 Å². The molecule has 0 radical (unpaired) electrons. The van der Waals surface area contributed by atoms with Gasteiger partial charge in [-0.1, -0.05) is 0 Å². The molecule has 5 aromatic rings. The SMILES string of the molecule is C[C@H](Nc1ncnc2nc[nH]c12)c1cc2ccc(F)cc2nc1-c1cc(F)cc(F)c1. The van der Waals surface area contributed by atoms with Gasteiger partial charge in [-0.3, -0.25) is 0 Å². The van der Waals surface area contributed by atoms with E-state index in [0.29, 0.717) is 39.1 Å². The molecular formula is C22H15F3N6. The molecule has 3 heterocycles. The molecular weight excluding hydrogens is 405 g/mol. The number of benzene rings is 2. The van der Waals surface area contributed by atoms with Crippen molar-refractivity contribution in [3.05, 3.63) is 78.1 Å². The Labute approximate surface area is 174 Å². The van der Waals surface area contributed by atoms with E-state index in [-0.39, 0.29) is 11.6 Å². The van der Waals surface area contributed by atoms with Gasteiger partial charge in [0.05, 0.1) is 23.6 Å². The van der Waals surface area contributed by atoms with Gasteiger partial charge in [0.1, 0.15) is 29.3 Å². The molecule has 0 spiro atoms. The number of fused-ring (bicyclic) bond motifs is 2. The van der Waals surface area contributed by atoms with Crippen LogP contribution in [0.3, 0.4) is 0 Å². The van der Waals surface area contributed by atoms with E-state index in [1.807, 2.05) is 13.0 Å². The van der Waals surface area contributed by atoms with Crippen LogP contribution in [0.1, 0.15) is 18.5 Å². The van der Waals surface area contributed by atoms with Gasteiger partial charge < -0.3 is 10.3 Å². The number of halogens is 3. The van der Waals surface area contributed by atoms with Gasteiger partial charge >= 0.3 is 0 Å². The quantitative estimate of drug-likeness (QED) is 0.420. The van der Waals surface area contributed by atoms with Gasteiger partial charge in [0.15, 0.2) is 11.5 Å². The van der Waals surface area contributed by atoms with Crippen molar-refractivity contribution in [2.45, 2.75) is 13.0 Å². The lowest BCUT2D eigenvalue weighted by atomic mass is 9.98. The molecule has 5 rings (SSSR count). The monoisotopic (exact) mass is 420 g/mol. The fourth-order valence-electron chi connectivity index (χ4n) is 3.57. The van der Waals surface area contributed by atoms with Crippen molar-refractivity contribution in [2.24, 2.45) is 0 Å². The molecule has 0 fully saturated rings. The first-order valence-corrected chi connectivity index (χ1v) is 9.45. The number of rotatable bonds is 4. The Balaban J connectivity index is 1.67. The summed E-state index contributed by atoms with van der Waals surface area (Å²) in [7, 11) is 0. The highest BCUT2D eigenvalue weighted by molar-refractivity contribution is 5.85. The Kier molecular flexibility index (Phi) is 4.50. The van der Waals surface area contributed by atoms with Crippen LogP contribution in [0.15, 0.2) is 55.1 Å². The smallest absolute Gasteiger partial charge is 0.182 e. The van der Waals surface area contributed by atoms with Gasteiger partial charge in [0, 0.05) is 28.6 Å². The van der Waals surface area contributed by atoms with Crippen LogP contribution in [-0.2, 0) is 0 Å². The standard InChI is InChI=1S/C22H15F3N6/c1-11(30-22-20-21(27-9-26-20)28-10-29-22)17-6-12-2-3-14(23)8-18(12)31-19(17)13-4-15(24)7-16(25)5-13/h2-11H,1H3,(H2,26,27,28,29,30)/t11-/m0/s1. The lowest BCUT2D eigenvalue weighted by Gasteiger charge is -2.19. The second-order valence-corrected chi connectivity index (χ2v) is 7.11. The van der Waals surface area contributed by atoms with Crippen LogP contribution in [-0.4, -0.2) is 24.9 Å². The van der Waals surface area contributed by atoms with E-state index in [2.05, 4.69) is 30.2 Å². The Morgan fingerprint density at radius 3 is 2.52 bits per heavy atom. The van der Waals surface area contributed by atoms with Gasteiger partial charge in [-0.15, -0.1) is 0 Å². The number of pyridine rings is 1. The number of anilines is 1. The van der Waals surface area contributed by atoms with Crippen LogP contribution >= 0.6 is 0 Å². The maximum Gasteiger partial charge on any atom is 0.182 e. The highest BCUT2D eigenvalue weighted by Gasteiger charge is 2.18. The number of aromatic nitrogens is 5. The summed E-state index contributed by atoms with van der Waals surface area (Å²) in [5.41, 5.74) is 2.77. The minimum Gasteiger partial charge on any atom is -0.362 e. The van der Waals surface area contributed by atoms with Crippen molar-refractivity contribution in [3.8, 4) is 11.3 Å². The summed E-state index contributed by atoms with van der Waals surface area (Å²) < 4.78 is 41.6. The molecule has 31 heavy (non-hydrogen) atoms. The van der Waals surface area contributed by atoms with Crippen molar-refractivity contribution < 1.29 is 13.2 Å². The summed E-state index contributed by atoms with van der Waals surface area (Å²) in [4.78, 5) is 20.0. The van der Waals surface area contributed by atoms with Crippen molar-refractivity contribution in [1.29, 1.82) is 0 Å². The van der Waals surface area contributed by atoms with E-state index >= 15 is 0 Å². The molecule has 0 amide bonds. The summed E-state index contributed by atoms with van der Waals surface area (Å²) >= 11 is 0. The summed E-state index contributed by atoms with van der Waals surface area (Å²) in [5.74, 6) is -1.38. The number of H-pyrrole nitrogens is 1. The number of nitrogens with one attached hydrogen (secondary N) is 2. The summed E-state index contributed by atoms with van der Waals surface area (Å²) in [5, 5.41) is 3.97. The molecule has 0 bridgehead atoms. The average Bonchev–Trinajstić information content (AvgIpc) is 3.22. The minimum absolute atomic E-state index is 0.252. The summed E-state index contributed by atoms with van der Waals surface area (Å²) in [6.45, 7) is 1.87. The first kappa shape index (κ1) is 19.0. The fourth-order valence-corrected chi connectivity index (χ4v) is 3.57. The van der Waals surface area contributed by atoms with E-state index in [1.54, 1.807) is 6.07 Å². The third kappa shape index (κ3) is 3.54. The Morgan fingerprint density at radius 1 is 0.903 bits per heavy atom. The predicted octanol–water partition coefficient (Wildman–Crippen LogP) is 5.16. The maximum absolute atomic E-state index is 13.9. The second kappa shape index (κ2) is 7.35. The molecule has 0 unspecified atom stereocenters. The van der Waals surface area contributed by atoms with Gasteiger partial charge in [-0.05, 0) is 37.3 Å². The van der Waals surface area contributed by atoms with Crippen molar-refractivity contribution >= 4 is 27.9 Å². The summed E-state index contributed by atoms with van der Waals surface area (Å²) in [6.07, 6.45) is 2.91. The zero-order chi connectivity index (χ0) is 21.5. The zero-order valence-electron chi connectivity index (χ0n) is 16.2. The van der Waals surface area contributed by atoms with Crippen LogP contribution in [0.2, 0.25) is 0 Å². The van der Waals surface area contributed by atoms with E-state index in [4.69, 9.17) is 0 Å². The molecule has 1 atom stereocenters. The van der Waals surface area contributed by atoms with Gasteiger partial charge in [-0.25, -0.2) is 33.1 Å². The molecule has 6 nitrogen and oxygen atoms in total. The highest BCUT2D eigenvalue weighted by atomic mass is 19.1. The van der Waals surface area contributed by atoms with E-state index in [9.17, 15) is 13.2 Å². The van der Waals surface area contributed by atoms with Crippen molar-refractivity contribution in [3.63, 3.8) is 0 Å². The second-order valence-electron chi connectivity index (χ2n) is 7.11. The molecule has 2 aromatic carbocycles. The predicted molar refractivity (Wildman–Crippen MR) is 111 cm³/mol. The number of imidazole rings is 1. The first-order valence-electron chi connectivity index (χ1n) is 9.45. The number of hydrogen-bond acceptors (Lipinski definition) is 5. The van der Waals surface area contributed by atoms with Crippen LogP contribution in [0.5, 0.6) is 0 Å². The lowest BCUT2D eigenvalue weighted by molar-refractivity contribution is 0.584. The Morgan fingerprint density at radius 2 is 1.71 bits per heavy atom. The molecule has 3 aromatic heterocycles. The topological polar surface area (TPSA) is 79.4 Å². The number of nitrogens with zero attached hydrogens (tertiary/aromatic N) is 4. The molecule has 0 aliphatic heterocycles. The third-order valence-corrected chi connectivity index (χ3v) is 4.99. The molecule has 0 saturated carbocycles. The molecule has 0 aliphatic carbocycles. The van der Waals surface area contributed by atoms with Crippen LogP contribution in [0.4, 0.5) is 19.0 Å². The fraction of sp³-hybridized carbons (Fsp3) is 0.0909. The third-order valence-electron chi connectivity index (χ3n) is 4.99. The lowest BCUT2D eigenvalue weighted by Crippen LogP contribution is -2.11. The Hall–Kier alpha value is -4.01. The van der Waals surface area contributed by atoms with Gasteiger partial charge in [0.2, 0.25) is 0 Å². The number of hydrogen-bond donors (Lipinski definition) is 2.